The van der Waals surface area contributed by atoms with Crippen LogP contribution in [0.25, 0.3) is 0 Å². The summed E-state index contributed by atoms with van der Waals surface area (Å²) in [5.41, 5.74) is 2.57. The summed E-state index contributed by atoms with van der Waals surface area (Å²) in [6, 6.07) is 21.2. The van der Waals surface area contributed by atoms with Crippen LogP contribution in [0.4, 0.5) is 0 Å². The van der Waals surface area contributed by atoms with E-state index in [9.17, 15) is 0 Å². The number of aliphatic imine (C=N–C) groups is 1. The molecular formula is C24H36IN3O2. The van der Waals surface area contributed by atoms with E-state index < -0.39 is 0 Å². The Balaban J connectivity index is 0.00000450. The first-order chi connectivity index (χ1) is 14.3. The van der Waals surface area contributed by atoms with Crippen molar-refractivity contribution in [3.8, 4) is 0 Å². The van der Waals surface area contributed by atoms with E-state index in [1.165, 1.54) is 11.1 Å². The van der Waals surface area contributed by atoms with Gasteiger partial charge in [0.2, 0.25) is 0 Å². The number of unbranched alkanes of at least 4 members (excludes halogenated alkanes) is 1. The average Bonchev–Trinajstić information content (AvgIpc) is 2.77. The smallest absolute Gasteiger partial charge is 0.191 e. The molecule has 0 aliphatic heterocycles. The third kappa shape index (κ3) is 10.4. The molecule has 0 unspecified atom stereocenters. The van der Waals surface area contributed by atoms with Crippen LogP contribution in [0, 0.1) is 0 Å². The Bertz CT molecular complexity index is 644. The molecule has 6 heteroatoms. The third-order valence-electron chi connectivity index (χ3n) is 4.62. The van der Waals surface area contributed by atoms with Crippen molar-refractivity contribution in [2.45, 2.75) is 25.7 Å². The van der Waals surface area contributed by atoms with E-state index in [-0.39, 0.29) is 29.9 Å². The van der Waals surface area contributed by atoms with Crippen molar-refractivity contribution >= 4 is 29.9 Å². The lowest BCUT2D eigenvalue weighted by Gasteiger charge is -2.18. The summed E-state index contributed by atoms with van der Waals surface area (Å²) in [6.45, 7) is 6.58. The minimum Gasteiger partial charge on any atom is -0.382 e. The van der Waals surface area contributed by atoms with Gasteiger partial charge >= 0.3 is 0 Å². The van der Waals surface area contributed by atoms with E-state index in [0.29, 0.717) is 19.8 Å². The van der Waals surface area contributed by atoms with E-state index in [4.69, 9.17) is 14.5 Å². The Morgan fingerprint density at radius 3 is 2.07 bits per heavy atom. The maximum Gasteiger partial charge on any atom is 0.191 e. The van der Waals surface area contributed by atoms with Crippen LogP contribution in [0.3, 0.4) is 0 Å². The Morgan fingerprint density at radius 2 is 1.50 bits per heavy atom. The van der Waals surface area contributed by atoms with Crippen molar-refractivity contribution in [3.05, 3.63) is 71.8 Å². The lowest BCUT2D eigenvalue weighted by molar-refractivity contribution is 0.0689. The normalized spacial score (nSPS) is 11.2. The van der Waals surface area contributed by atoms with E-state index in [2.05, 4.69) is 78.2 Å². The first kappa shape index (κ1) is 26.4. The molecule has 0 amide bonds. The molecule has 2 aromatic rings. The number of guanidine groups is 1. The van der Waals surface area contributed by atoms with Crippen LogP contribution in [0.2, 0.25) is 0 Å². The fourth-order valence-corrected chi connectivity index (χ4v) is 3.08. The molecular weight excluding hydrogens is 489 g/mol. The van der Waals surface area contributed by atoms with Gasteiger partial charge in [-0.25, -0.2) is 0 Å². The second-order valence-corrected chi connectivity index (χ2v) is 6.83. The maximum atomic E-state index is 5.51. The average molecular weight is 525 g/mol. The van der Waals surface area contributed by atoms with Crippen LogP contribution in [0.1, 0.15) is 36.8 Å². The zero-order chi connectivity index (χ0) is 20.6. The SMILES string of the molecule is CCNC(=NCC(c1ccccc1)c1ccccc1)NCCCCOCCOC.I. The molecule has 166 valence electrons. The number of ether oxygens (including phenoxy) is 2. The van der Waals surface area contributed by atoms with Gasteiger partial charge in [-0.05, 0) is 30.9 Å². The van der Waals surface area contributed by atoms with Crippen molar-refractivity contribution < 1.29 is 9.47 Å². The molecule has 0 fully saturated rings. The highest BCUT2D eigenvalue weighted by atomic mass is 127. The van der Waals surface area contributed by atoms with Gasteiger partial charge in [0.15, 0.2) is 5.96 Å². The zero-order valence-electron chi connectivity index (χ0n) is 18.2. The van der Waals surface area contributed by atoms with Gasteiger partial charge in [0.1, 0.15) is 0 Å². The molecule has 0 radical (unpaired) electrons. The number of hydrogen-bond donors (Lipinski definition) is 2. The molecule has 30 heavy (non-hydrogen) atoms. The van der Waals surface area contributed by atoms with Crippen molar-refractivity contribution in [1.82, 2.24) is 10.6 Å². The highest BCUT2D eigenvalue weighted by Crippen LogP contribution is 2.24. The highest BCUT2D eigenvalue weighted by Gasteiger charge is 2.13. The quantitative estimate of drug-likeness (QED) is 0.176. The van der Waals surface area contributed by atoms with Gasteiger partial charge in [0.25, 0.3) is 0 Å². The predicted octanol–water partition coefficient (Wildman–Crippen LogP) is 4.43. The summed E-state index contributed by atoms with van der Waals surface area (Å²) in [5, 5.41) is 6.79. The molecule has 0 heterocycles. The molecule has 0 saturated carbocycles. The number of methoxy groups -OCH3 is 1. The largest absolute Gasteiger partial charge is 0.382 e. The van der Waals surface area contributed by atoms with Crippen LogP contribution in [0.15, 0.2) is 65.7 Å². The fraction of sp³-hybridized carbons (Fsp3) is 0.458. The van der Waals surface area contributed by atoms with Crippen molar-refractivity contribution in [3.63, 3.8) is 0 Å². The van der Waals surface area contributed by atoms with E-state index in [1.807, 2.05) is 0 Å². The number of nitrogens with one attached hydrogen (secondary N) is 2. The van der Waals surface area contributed by atoms with Crippen LogP contribution in [0.5, 0.6) is 0 Å². The first-order valence-electron chi connectivity index (χ1n) is 10.5. The molecule has 0 aliphatic carbocycles. The molecule has 5 nitrogen and oxygen atoms in total. The summed E-state index contributed by atoms with van der Waals surface area (Å²) < 4.78 is 10.5. The molecule has 0 aliphatic rings. The summed E-state index contributed by atoms with van der Waals surface area (Å²) >= 11 is 0. The Hall–Kier alpha value is -1.64. The van der Waals surface area contributed by atoms with Crippen LogP contribution < -0.4 is 10.6 Å². The number of halogens is 1. The van der Waals surface area contributed by atoms with Gasteiger partial charge in [-0.1, -0.05) is 60.7 Å². The lowest BCUT2D eigenvalue weighted by atomic mass is 9.91. The Morgan fingerprint density at radius 1 is 0.867 bits per heavy atom. The zero-order valence-corrected chi connectivity index (χ0v) is 20.5. The molecule has 0 aromatic heterocycles. The van der Waals surface area contributed by atoms with Gasteiger partial charge in [-0.15, -0.1) is 24.0 Å². The minimum absolute atomic E-state index is 0. The molecule has 0 bridgehead atoms. The van der Waals surface area contributed by atoms with Crippen molar-refractivity contribution in [1.29, 1.82) is 0 Å². The topological polar surface area (TPSA) is 54.9 Å². The summed E-state index contributed by atoms with van der Waals surface area (Å²) in [4.78, 5) is 4.87. The molecule has 2 aromatic carbocycles. The van der Waals surface area contributed by atoms with E-state index in [1.54, 1.807) is 7.11 Å². The van der Waals surface area contributed by atoms with Crippen LogP contribution in [-0.4, -0.2) is 52.5 Å². The van der Waals surface area contributed by atoms with Gasteiger partial charge in [-0.2, -0.15) is 0 Å². The lowest BCUT2D eigenvalue weighted by Crippen LogP contribution is -2.38. The summed E-state index contributed by atoms with van der Waals surface area (Å²) in [6.07, 6.45) is 2.06. The second-order valence-electron chi connectivity index (χ2n) is 6.83. The summed E-state index contributed by atoms with van der Waals surface area (Å²) in [5.74, 6) is 1.10. The van der Waals surface area contributed by atoms with Gasteiger partial charge < -0.3 is 20.1 Å². The molecule has 2 N–H and O–H groups in total. The maximum absolute atomic E-state index is 5.51. The summed E-state index contributed by atoms with van der Waals surface area (Å²) in [7, 11) is 1.69. The van der Waals surface area contributed by atoms with Crippen molar-refractivity contribution in [2.75, 3.05) is 46.6 Å². The van der Waals surface area contributed by atoms with E-state index >= 15 is 0 Å². The first-order valence-corrected chi connectivity index (χ1v) is 10.5. The predicted molar refractivity (Wildman–Crippen MR) is 136 cm³/mol. The monoisotopic (exact) mass is 525 g/mol. The Kier molecular flexibility index (Phi) is 15.0. The molecule has 0 saturated heterocycles. The van der Waals surface area contributed by atoms with Crippen LogP contribution in [-0.2, 0) is 9.47 Å². The highest BCUT2D eigenvalue weighted by molar-refractivity contribution is 14.0. The standard InChI is InChI=1S/C24H35N3O2.HI/c1-3-25-24(26-16-10-11-17-29-19-18-28-2)27-20-23(21-12-6-4-7-13-21)22-14-8-5-9-15-22;/h4-9,12-15,23H,3,10-11,16-20H2,1-2H3,(H2,25,26,27);1H. The fourth-order valence-electron chi connectivity index (χ4n) is 3.08. The van der Waals surface area contributed by atoms with Gasteiger partial charge in [0, 0.05) is 32.7 Å². The number of rotatable bonds is 13. The van der Waals surface area contributed by atoms with Gasteiger partial charge in [0.05, 0.1) is 19.8 Å². The van der Waals surface area contributed by atoms with Gasteiger partial charge in [-0.3, -0.25) is 4.99 Å². The number of hydrogen-bond acceptors (Lipinski definition) is 3. The van der Waals surface area contributed by atoms with Crippen molar-refractivity contribution in [2.24, 2.45) is 4.99 Å². The van der Waals surface area contributed by atoms with Crippen LogP contribution >= 0.6 is 24.0 Å². The third-order valence-corrected chi connectivity index (χ3v) is 4.62. The second kappa shape index (κ2) is 17.1. The number of nitrogens with zero attached hydrogens (tertiary/aromatic N) is 1. The van der Waals surface area contributed by atoms with E-state index in [0.717, 1.165) is 38.5 Å². The molecule has 2 rings (SSSR count). The number of benzene rings is 2. The molecule has 0 spiro atoms. The molecule has 0 atom stereocenters. The Labute approximate surface area is 198 Å². The minimum atomic E-state index is 0.